The van der Waals surface area contributed by atoms with Gasteiger partial charge in [-0.15, -0.1) is 11.3 Å². The summed E-state index contributed by atoms with van der Waals surface area (Å²) < 4.78 is 0. The van der Waals surface area contributed by atoms with E-state index in [2.05, 4.69) is 10.3 Å². The standard InChI is InChI=1S/C13H14N2O2S/c1-9(12-14-7-8-18-12)15-11(13(16)17)10-5-3-2-4-6-10/h2-9,11,15H,1H3,(H,16,17). The largest absolute Gasteiger partial charge is 0.480 e. The monoisotopic (exact) mass is 262 g/mol. The fraction of sp³-hybridized carbons (Fsp3) is 0.231. The number of aromatic nitrogens is 1. The van der Waals surface area contributed by atoms with Crippen molar-refractivity contribution >= 4 is 17.3 Å². The molecule has 0 saturated carbocycles. The summed E-state index contributed by atoms with van der Waals surface area (Å²) in [6.45, 7) is 1.91. The topological polar surface area (TPSA) is 62.2 Å². The van der Waals surface area contributed by atoms with Crippen LogP contribution in [0.3, 0.4) is 0 Å². The van der Waals surface area contributed by atoms with Gasteiger partial charge in [0.2, 0.25) is 0 Å². The number of benzene rings is 1. The zero-order chi connectivity index (χ0) is 13.0. The summed E-state index contributed by atoms with van der Waals surface area (Å²) >= 11 is 1.51. The number of aliphatic carboxylic acids is 1. The predicted octanol–water partition coefficient (Wildman–Crippen LogP) is 2.62. The van der Waals surface area contributed by atoms with E-state index in [0.29, 0.717) is 0 Å². The minimum absolute atomic E-state index is 0.0914. The summed E-state index contributed by atoms with van der Waals surface area (Å²) in [7, 11) is 0. The summed E-state index contributed by atoms with van der Waals surface area (Å²) in [4.78, 5) is 15.5. The van der Waals surface area contributed by atoms with E-state index in [1.807, 2.05) is 30.5 Å². The Balaban J connectivity index is 2.15. The van der Waals surface area contributed by atoms with Gasteiger partial charge in [0.15, 0.2) is 0 Å². The van der Waals surface area contributed by atoms with E-state index < -0.39 is 12.0 Å². The van der Waals surface area contributed by atoms with Crippen molar-refractivity contribution in [2.45, 2.75) is 19.0 Å². The molecule has 2 unspecified atom stereocenters. The Morgan fingerprint density at radius 2 is 2.11 bits per heavy atom. The van der Waals surface area contributed by atoms with Gasteiger partial charge in [0.25, 0.3) is 0 Å². The molecule has 2 atom stereocenters. The molecule has 1 heterocycles. The van der Waals surface area contributed by atoms with E-state index in [1.165, 1.54) is 11.3 Å². The lowest BCUT2D eigenvalue weighted by molar-refractivity contribution is -0.139. The third kappa shape index (κ3) is 2.94. The molecule has 1 aromatic carbocycles. The van der Waals surface area contributed by atoms with Gasteiger partial charge in [-0.1, -0.05) is 30.3 Å². The average Bonchev–Trinajstić information content (AvgIpc) is 2.90. The van der Waals surface area contributed by atoms with Gasteiger partial charge in [-0.3, -0.25) is 10.1 Å². The van der Waals surface area contributed by atoms with Crippen LogP contribution in [0.4, 0.5) is 0 Å². The van der Waals surface area contributed by atoms with Crippen molar-refractivity contribution in [3.8, 4) is 0 Å². The van der Waals surface area contributed by atoms with Crippen molar-refractivity contribution in [1.82, 2.24) is 10.3 Å². The Hall–Kier alpha value is -1.72. The first-order chi connectivity index (χ1) is 8.68. The number of carboxylic acids is 1. The van der Waals surface area contributed by atoms with Crippen LogP contribution in [-0.4, -0.2) is 16.1 Å². The molecule has 0 radical (unpaired) electrons. The molecular weight excluding hydrogens is 248 g/mol. The van der Waals surface area contributed by atoms with Crippen molar-refractivity contribution < 1.29 is 9.90 Å². The van der Waals surface area contributed by atoms with Crippen molar-refractivity contribution in [3.05, 3.63) is 52.5 Å². The van der Waals surface area contributed by atoms with Gasteiger partial charge in [-0.2, -0.15) is 0 Å². The Labute approximate surface area is 109 Å². The van der Waals surface area contributed by atoms with E-state index in [4.69, 9.17) is 0 Å². The quantitative estimate of drug-likeness (QED) is 0.869. The third-order valence-corrected chi connectivity index (χ3v) is 3.58. The van der Waals surface area contributed by atoms with Crippen LogP contribution >= 0.6 is 11.3 Å². The first-order valence-electron chi connectivity index (χ1n) is 5.61. The summed E-state index contributed by atoms with van der Waals surface area (Å²) in [5.41, 5.74) is 0.744. The maximum atomic E-state index is 11.3. The van der Waals surface area contributed by atoms with Gasteiger partial charge < -0.3 is 5.11 Å². The number of rotatable bonds is 5. The highest BCUT2D eigenvalue weighted by Crippen LogP contribution is 2.21. The predicted molar refractivity (Wildman–Crippen MR) is 70.5 cm³/mol. The van der Waals surface area contributed by atoms with E-state index in [1.54, 1.807) is 18.3 Å². The molecule has 18 heavy (non-hydrogen) atoms. The Kier molecular flexibility index (Phi) is 4.07. The highest BCUT2D eigenvalue weighted by atomic mass is 32.1. The fourth-order valence-corrected chi connectivity index (χ4v) is 2.38. The molecule has 2 aromatic rings. The van der Waals surface area contributed by atoms with E-state index in [0.717, 1.165) is 10.6 Å². The van der Waals surface area contributed by atoms with Crippen LogP contribution in [0.15, 0.2) is 41.9 Å². The first kappa shape index (κ1) is 12.7. The third-order valence-electron chi connectivity index (χ3n) is 2.62. The van der Waals surface area contributed by atoms with Crippen LogP contribution in [0.1, 0.15) is 29.6 Å². The number of nitrogens with zero attached hydrogens (tertiary/aromatic N) is 1. The molecule has 94 valence electrons. The molecule has 5 heteroatoms. The Morgan fingerprint density at radius 3 is 2.67 bits per heavy atom. The average molecular weight is 262 g/mol. The lowest BCUT2D eigenvalue weighted by Crippen LogP contribution is -2.30. The highest BCUT2D eigenvalue weighted by Gasteiger charge is 2.22. The molecule has 0 spiro atoms. The van der Waals surface area contributed by atoms with Crippen molar-refractivity contribution in [2.75, 3.05) is 0 Å². The summed E-state index contributed by atoms with van der Waals surface area (Å²) in [5, 5.41) is 15.1. The number of thiazole rings is 1. The first-order valence-corrected chi connectivity index (χ1v) is 6.49. The summed E-state index contributed by atoms with van der Waals surface area (Å²) in [6.07, 6.45) is 1.72. The molecule has 2 rings (SSSR count). The van der Waals surface area contributed by atoms with Crippen LogP contribution in [0.2, 0.25) is 0 Å². The van der Waals surface area contributed by atoms with E-state index in [-0.39, 0.29) is 6.04 Å². The molecule has 4 nitrogen and oxygen atoms in total. The molecule has 0 aliphatic rings. The minimum atomic E-state index is -0.885. The molecule has 0 bridgehead atoms. The van der Waals surface area contributed by atoms with Crippen LogP contribution < -0.4 is 5.32 Å². The number of carboxylic acid groups (broad SMARTS) is 1. The van der Waals surface area contributed by atoms with Gasteiger partial charge >= 0.3 is 5.97 Å². The minimum Gasteiger partial charge on any atom is -0.480 e. The number of hydrogen-bond donors (Lipinski definition) is 2. The molecule has 0 fully saturated rings. The maximum Gasteiger partial charge on any atom is 0.325 e. The molecule has 0 aliphatic carbocycles. The van der Waals surface area contributed by atoms with Gasteiger partial charge in [0.1, 0.15) is 11.0 Å². The maximum absolute atomic E-state index is 11.3. The Bertz CT molecular complexity index is 499. The van der Waals surface area contributed by atoms with E-state index >= 15 is 0 Å². The number of hydrogen-bond acceptors (Lipinski definition) is 4. The zero-order valence-corrected chi connectivity index (χ0v) is 10.7. The molecule has 0 saturated heterocycles. The smallest absolute Gasteiger partial charge is 0.325 e. The fourth-order valence-electron chi connectivity index (χ4n) is 1.73. The second-order valence-electron chi connectivity index (χ2n) is 3.94. The SMILES string of the molecule is CC(NC(C(=O)O)c1ccccc1)c1nccs1. The molecule has 0 amide bonds. The number of nitrogens with one attached hydrogen (secondary N) is 1. The van der Waals surface area contributed by atoms with Crippen LogP contribution in [0, 0.1) is 0 Å². The van der Waals surface area contributed by atoms with Crippen LogP contribution in [0.25, 0.3) is 0 Å². The number of carbonyl (C=O) groups is 1. The molecule has 1 aromatic heterocycles. The van der Waals surface area contributed by atoms with E-state index in [9.17, 15) is 9.90 Å². The van der Waals surface area contributed by atoms with Crippen LogP contribution in [-0.2, 0) is 4.79 Å². The molecule has 0 aliphatic heterocycles. The van der Waals surface area contributed by atoms with Gasteiger partial charge in [0.05, 0.1) is 6.04 Å². The highest BCUT2D eigenvalue weighted by molar-refractivity contribution is 7.09. The summed E-state index contributed by atoms with van der Waals surface area (Å²) in [5.74, 6) is -0.885. The zero-order valence-electron chi connectivity index (χ0n) is 9.91. The van der Waals surface area contributed by atoms with Gasteiger partial charge in [0, 0.05) is 11.6 Å². The Morgan fingerprint density at radius 1 is 1.39 bits per heavy atom. The summed E-state index contributed by atoms with van der Waals surface area (Å²) in [6, 6.07) is 8.34. The lowest BCUT2D eigenvalue weighted by atomic mass is 10.1. The van der Waals surface area contributed by atoms with Crippen molar-refractivity contribution in [3.63, 3.8) is 0 Å². The second-order valence-corrected chi connectivity index (χ2v) is 4.87. The lowest BCUT2D eigenvalue weighted by Gasteiger charge is -2.19. The second kappa shape index (κ2) is 5.75. The molecular formula is C13H14N2O2S. The normalized spacial score (nSPS) is 14.1. The van der Waals surface area contributed by atoms with Gasteiger partial charge in [-0.05, 0) is 12.5 Å². The van der Waals surface area contributed by atoms with Gasteiger partial charge in [-0.25, -0.2) is 4.98 Å². The van der Waals surface area contributed by atoms with Crippen molar-refractivity contribution in [1.29, 1.82) is 0 Å². The van der Waals surface area contributed by atoms with Crippen LogP contribution in [0.5, 0.6) is 0 Å². The van der Waals surface area contributed by atoms with Crippen molar-refractivity contribution in [2.24, 2.45) is 0 Å². The molecule has 2 N–H and O–H groups in total.